The molecule has 0 saturated heterocycles. The number of aromatic nitrogens is 4. The number of halogens is 3. The minimum Gasteiger partial charge on any atom is -0.497 e. The molecule has 0 aliphatic carbocycles. The first kappa shape index (κ1) is 28.5. The molecule has 0 aliphatic heterocycles. The molecule has 2 aromatic carbocycles. The summed E-state index contributed by atoms with van der Waals surface area (Å²) in [6, 6.07) is 7.47. The lowest BCUT2D eigenvalue weighted by Gasteiger charge is -2.12. The Morgan fingerprint density at radius 1 is 0.838 bits per heavy atom. The van der Waals surface area contributed by atoms with Crippen LogP contribution in [0, 0.1) is 13.1 Å². The first-order chi connectivity index (χ1) is 17.7. The van der Waals surface area contributed by atoms with Gasteiger partial charge in [-0.25, -0.2) is 9.69 Å². The Balaban J connectivity index is 0.000000206. The monoisotopic (exact) mass is 642 g/mol. The summed E-state index contributed by atoms with van der Waals surface area (Å²) in [5.74, 6) is 0.757. The summed E-state index contributed by atoms with van der Waals surface area (Å²) in [5, 5.41) is 9.02. The van der Waals surface area contributed by atoms with Crippen molar-refractivity contribution in [3.8, 4) is 28.3 Å². The highest BCUT2D eigenvalue weighted by molar-refractivity contribution is 9.11. The SMILES string of the molecule is [C-]#[N+]c1c(CC)cc(Cl)cc1-c1c(Br)cnn1C.[C-]#[N+]c1c(CC)cc(OC)cc1-c1c(Br)cnn1C. The number of rotatable bonds is 5. The van der Waals surface area contributed by atoms with Gasteiger partial charge in [0.1, 0.15) is 5.75 Å². The number of benzene rings is 2. The zero-order valence-corrected chi connectivity index (χ0v) is 25.0. The zero-order valence-electron chi connectivity index (χ0n) is 21.1. The van der Waals surface area contributed by atoms with Crippen LogP contribution in [0.2, 0.25) is 5.02 Å². The molecule has 0 radical (unpaired) electrons. The van der Waals surface area contributed by atoms with Crippen LogP contribution in [0.4, 0.5) is 11.4 Å². The van der Waals surface area contributed by atoms with E-state index >= 15 is 0 Å². The van der Waals surface area contributed by atoms with Gasteiger partial charge < -0.3 is 4.74 Å². The predicted molar refractivity (Wildman–Crippen MR) is 156 cm³/mol. The Bertz CT molecular complexity index is 1490. The quantitative estimate of drug-likeness (QED) is 0.205. The molecule has 0 N–H and O–H groups in total. The van der Waals surface area contributed by atoms with Crippen molar-refractivity contribution in [1.29, 1.82) is 0 Å². The topological polar surface area (TPSA) is 53.6 Å². The van der Waals surface area contributed by atoms with Gasteiger partial charge >= 0.3 is 0 Å². The molecule has 0 fully saturated rings. The smallest absolute Gasteiger partial charge is 0.199 e. The highest BCUT2D eigenvalue weighted by Crippen LogP contribution is 2.41. The first-order valence-corrected chi connectivity index (χ1v) is 13.3. The Morgan fingerprint density at radius 2 is 1.30 bits per heavy atom. The molecule has 7 nitrogen and oxygen atoms in total. The van der Waals surface area contributed by atoms with Gasteiger partial charge in [-0.3, -0.25) is 9.36 Å². The third-order valence-corrected chi connectivity index (χ3v) is 7.21. The highest BCUT2D eigenvalue weighted by Gasteiger charge is 2.18. The Morgan fingerprint density at radius 3 is 1.68 bits per heavy atom. The van der Waals surface area contributed by atoms with Gasteiger partial charge in [-0.05, 0) is 74.0 Å². The van der Waals surface area contributed by atoms with Crippen LogP contribution in [-0.2, 0) is 26.9 Å². The van der Waals surface area contributed by atoms with Crippen LogP contribution in [0.3, 0.4) is 0 Å². The minimum absolute atomic E-state index is 0.641. The summed E-state index contributed by atoms with van der Waals surface area (Å²) in [6.45, 7) is 18.9. The second kappa shape index (κ2) is 12.4. The fourth-order valence-corrected chi connectivity index (χ4v) is 5.39. The molecular formula is C27H25Br2ClN6O. The molecule has 2 heterocycles. The second-order valence-electron chi connectivity index (χ2n) is 8.00. The lowest BCUT2D eigenvalue weighted by molar-refractivity contribution is 0.414. The number of methoxy groups -OCH3 is 1. The van der Waals surface area contributed by atoms with E-state index in [1.165, 1.54) is 0 Å². The first-order valence-electron chi connectivity index (χ1n) is 11.3. The van der Waals surface area contributed by atoms with Crippen molar-refractivity contribution in [3.05, 3.63) is 84.6 Å². The summed E-state index contributed by atoms with van der Waals surface area (Å²) < 4.78 is 10.6. The van der Waals surface area contributed by atoms with E-state index in [2.05, 4.69) is 51.7 Å². The largest absolute Gasteiger partial charge is 0.497 e. The van der Waals surface area contributed by atoms with Crippen LogP contribution in [0.1, 0.15) is 25.0 Å². The maximum Gasteiger partial charge on any atom is 0.199 e. The van der Waals surface area contributed by atoms with E-state index in [4.69, 9.17) is 29.5 Å². The van der Waals surface area contributed by atoms with E-state index in [0.29, 0.717) is 16.4 Å². The molecule has 190 valence electrons. The third kappa shape index (κ3) is 5.91. The molecule has 0 spiro atoms. The molecule has 2 aromatic heterocycles. The van der Waals surface area contributed by atoms with Crippen molar-refractivity contribution in [3.63, 3.8) is 0 Å². The van der Waals surface area contributed by atoms with Crippen LogP contribution in [0.15, 0.2) is 45.6 Å². The van der Waals surface area contributed by atoms with Crippen molar-refractivity contribution in [1.82, 2.24) is 19.6 Å². The number of hydrogen-bond donors (Lipinski definition) is 0. The van der Waals surface area contributed by atoms with Crippen LogP contribution >= 0.6 is 43.5 Å². The molecular weight excluding hydrogens is 620 g/mol. The molecule has 4 rings (SSSR count). The maximum atomic E-state index is 7.44. The maximum absolute atomic E-state index is 7.44. The molecule has 4 aromatic rings. The van der Waals surface area contributed by atoms with E-state index in [0.717, 1.165) is 61.2 Å². The molecule has 0 atom stereocenters. The fraction of sp³-hybridized carbons (Fsp3) is 0.259. The average molecular weight is 645 g/mol. The molecule has 0 amide bonds. The number of nitrogens with zero attached hydrogens (tertiary/aromatic N) is 6. The highest BCUT2D eigenvalue weighted by atomic mass is 79.9. The number of hydrogen-bond acceptors (Lipinski definition) is 3. The van der Waals surface area contributed by atoms with E-state index in [1.54, 1.807) is 28.9 Å². The molecule has 0 unspecified atom stereocenters. The van der Waals surface area contributed by atoms with Crippen molar-refractivity contribution < 1.29 is 4.74 Å². The van der Waals surface area contributed by atoms with E-state index in [-0.39, 0.29) is 0 Å². The summed E-state index contributed by atoms with van der Waals surface area (Å²) in [4.78, 5) is 7.34. The van der Waals surface area contributed by atoms with Gasteiger partial charge in [0, 0.05) is 30.2 Å². The van der Waals surface area contributed by atoms with Crippen LogP contribution in [0.25, 0.3) is 32.2 Å². The van der Waals surface area contributed by atoms with Crippen LogP contribution < -0.4 is 4.74 Å². The Kier molecular flexibility index (Phi) is 9.56. The van der Waals surface area contributed by atoms with Gasteiger partial charge in [0.25, 0.3) is 0 Å². The van der Waals surface area contributed by atoms with Crippen molar-refractivity contribution in [2.45, 2.75) is 26.7 Å². The van der Waals surface area contributed by atoms with Gasteiger partial charge in [-0.2, -0.15) is 10.2 Å². The zero-order chi connectivity index (χ0) is 27.3. The van der Waals surface area contributed by atoms with Crippen molar-refractivity contribution in [2.75, 3.05) is 7.11 Å². The fourth-order valence-electron chi connectivity index (χ4n) is 4.03. The van der Waals surface area contributed by atoms with Crippen LogP contribution in [-0.4, -0.2) is 26.7 Å². The Labute approximate surface area is 238 Å². The van der Waals surface area contributed by atoms with Gasteiger partial charge in [-0.15, -0.1) is 0 Å². The van der Waals surface area contributed by atoms with Gasteiger partial charge in [-0.1, -0.05) is 31.5 Å². The van der Waals surface area contributed by atoms with Crippen LogP contribution in [0.5, 0.6) is 5.75 Å². The summed E-state index contributed by atoms with van der Waals surface area (Å²) >= 11 is 13.1. The lowest BCUT2D eigenvalue weighted by Crippen LogP contribution is -1.96. The normalized spacial score (nSPS) is 10.3. The average Bonchev–Trinajstić information content (AvgIpc) is 3.41. The number of ether oxygens (including phenoxy) is 1. The summed E-state index contributed by atoms with van der Waals surface area (Å²) in [5.41, 5.74) is 6.67. The molecule has 0 saturated carbocycles. The predicted octanol–water partition coefficient (Wildman–Crippen LogP) is 8.59. The summed E-state index contributed by atoms with van der Waals surface area (Å²) in [6.07, 6.45) is 5.02. The number of aryl methyl sites for hydroxylation is 4. The molecule has 0 aliphatic rings. The van der Waals surface area contributed by atoms with Crippen molar-refractivity contribution in [2.24, 2.45) is 14.1 Å². The molecule has 0 bridgehead atoms. The molecule has 10 heteroatoms. The summed E-state index contributed by atoms with van der Waals surface area (Å²) in [7, 11) is 5.34. The molecule has 37 heavy (non-hydrogen) atoms. The standard InChI is InChI=1S/C14H14BrN3O.C13H11BrClN3/c1-5-9-6-10(19-4)7-11(13(9)16-2)14-12(15)8-17-18(14)3;1-4-8-5-9(15)6-10(12(8)16-2)13-11(14)7-17-18(13)3/h6-8H,5H2,1,3-4H3;5-7H,4H2,1,3H3. The lowest BCUT2D eigenvalue weighted by atomic mass is 10.0. The van der Waals surface area contributed by atoms with E-state index in [9.17, 15) is 0 Å². The van der Waals surface area contributed by atoms with Crippen molar-refractivity contribution >= 4 is 54.8 Å². The van der Waals surface area contributed by atoms with Gasteiger partial charge in [0.05, 0.1) is 53.0 Å². The van der Waals surface area contributed by atoms with E-state index in [1.807, 2.05) is 52.2 Å². The van der Waals surface area contributed by atoms with Gasteiger partial charge in [0.15, 0.2) is 11.4 Å². The van der Waals surface area contributed by atoms with E-state index < -0.39 is 0 Å². The second-order valence-corrected chi connectivity index (χ2v) is 10.1. The Hall–Kier alpha value is -3.11. The minimum atomic E-state index is 0.641. The third-order valence-electron chi connectivity index (χ3n) is 5.84. The van der Waals surface area contributed by atoms with Gasteiger partial charge in [0.2, 0.25) is 0 Å².